The molecule has 0 aliphatic heterocycles. The van der Waals surface area contributed by atoms with E-state index in [9.17, 15) is 9.59 Å². The average molecular weight is 283 g/mol. The summed E-state index contributed by atoms with van der Waals surface area (Å²) in [5, 5.41) is 5.38. The molecule has 0 spiro atoms. The van der Waals surface area contributed by atoms with Crippen molar-refractivity contribution in [3.05, 3.63) is 66.2 Å². The minimum Gasteiger partial charge on any atom is -0.352 e. The van der Waals surface area contributed by atoms with E-state index >= 15 is 0 Å². The minimum absolute atomic E-state index is 0.113. The Kier molecular flexibility index (Phi) is 4.93. The summed E-state index contributed by atoms with van der Waals surface area (Å²) in [4.78, 5) is 23.2. The number of urea groups is 1. The summed E-state index contributed by atoms with van der Waals surface area (Å²) in [5.41, 5.74) is 6.73. The monoisotopic (exact) mass is 283 g/mol. The van der Waals surface area contributed by atoms with Gasteiger partial charge in [0.2, 0.25) is 5.91 Å². The van der Waals surface area contributed by atoms with E-state index in [-0.39, 0.29) is 12.3 Å². The summed E-state index contributed by atoms with van der Waals surface area (Å²) in [5.74, 6) is -0.191. The molecule has 1 atom stereocenters. The fraction of sp³-hybridized carbons (Fsp3) is 0.125. The summed E-state index contributed by atoms with van der Waals surface area (Å²) < 4.78 is 0. The van der Waals surface area contributed by atoms with Gasteiger partial charge in [0.15, 0.2) is 0 Å². The molecular weight excluding hydrogens is 266 g/mol. The Morgan fingerprint density at radius 1 is 0.952 bits per heavy atom. The van der Waals surface area contributed by atoms with Crippen LogP contribution in [0.25, 0.3) is 0 Å². The minimum atomic E-state index is -0.656. The Labute approximate surface area is 123 Å². The lowest BCUT2D eigenvalue weighted by molar-refractivity contribution is -0.116. The van der Waals surface area contributed by atoms with Crippen molar-refractivity contribution in [2.75, 3.05) is 5.32 Å². The van der Waals surface area contributed by atoms with Crippen molar-refractivity contribution in [3.8, 4) is 0 Å². The number of carbonyl (C=O) groups excluding carboxylic acids is 2. The maximum Gasteiger partial charge on any atom is 0.312 e. The third-order valence-corrected chi connectivity index (χ3v) is 2.97. The second kappa shape index (κ2) is 7.09. The summed E-state index contributed by atoms with van der Waals surface area (Å²) in [7, 11) is 0. The molecule has 0 fully saturated rings. The molecule has 0 saturated carbocycles. The number of para-hydroxylation sites is 1. The number of anilines is 1. The zero-order valence-corrected chi connectivity index (χ0v) is 11.5. The summed E-state index contributed by atoms with van der Waals surface area (Å²) in [6.07, 6.45) is 0.113. The van der Waals surface area contributed by atoms with Gasteiger partial charge in [0.1, 0.15) is 0 Å². The first-order valence-electron chi connectivity index (χ1n) is 6.61. The van der Waals surface area contributed by atoms with Crippen molar-refractivity contribution < 1.29 is 9.59 Å². The van der Waals surface area contributed by atoms with Gasteiger partial charge in [-0.2, -0.15) is 0 Å². The molecule has 0 radical (unpaired) electrons. The van der Waals surface area contributed by atoms with Gasteiger partial charge in [-0.3, -0.25) is 4.79 Å². The van der Waals surface area contributed by atoms with E-state index in [0.29, 0.717) is 5.69 Å². The van der Waals surface area contributed by atoms with E-state index in [1.807, 2.05) is 48.5 Å². The molecule has 0 aliphatic carbocycles. The maximum absolute atomic E-state index is 12.1. The lowest BCUT2D eigenvalue weighted by Crippen LogP contribution is -2.35. The first kappa shape index (κ1) is 14.6. The van der Waals surface area contributed by atoms with Crippen LogP contribution >= 0.6 is 0 Å². The van der Waals surface area contributed by atoms with E-state index in [2.05, 4.69) is 10.6 Å². The lowest BCUT2D eigenvalue weighted by Gasteiger charge is -2.17. The van der Waals surface area contributed by atoms with Crippen LogP contribution in [0.5, 0.6) is 0 Å². The highest BCUT2D eigenvalue weighted by molar-refractivity contribution is 5.91. The third kappa shape index (κ3) is 4.65. The fourth-order valence-corrected chi connectivity index (χ4v) is 2.03. The highest BCUT2D eigenvalue weighted by Crippen LogP contribution is 2.17. The van der Waals surface area contributed by atoms with Gasteiger partial charge >= 0.3 is 6.03 Å². The number of hydrogen-bond donors (Lipinski definition) is 3. The number of benzene rings is 2. The number of rotatable bonds is 5. The van der Waals surface area contributed by atoms with Crippen LogP contribution < -0.4 is 16.4 Å². The van der Waals surface area contributed by atoms with Gasteiger partial charge in [0, 0.05) is 5.69 Å². The molecule has 2 aromatic carbocycles. The van der Waals surface area contributed by atoms with Gasteiger partial charge in [0.25, 0.3) is 0 Å². The number of carbonyl (C=O) groups is 2. The molecular formula is C16H17N3O2. The van der Waals surface area contributed by atoms with E-state index < -0.39 is 12.1 Å². The molecule has 0 bridgehead atoms. The van der Waals surface area contributed by atoms with Gasteiger partial charge < -0.3 is 16.4 Å². The number of hydrogen-bond acceptors (Lipinski definition) is 2. The average Bonchev–Trinajstić information content (AvgIpc) is 2.48. The summed E-state index contributed by atoms with van der Waals surface area (Å²) >= 11 is 0. The van der Waals surface area contributed by atoms with Crippen LogP contribution in [0, 0.1) is 0 Å². The molecule has 0 aliphatic rings. The smallest absolute Gasteiger partial charge is 0.312 e. The Morgan fingerprint density at radius 2 is 1.52 bits per heavy atom. The largest absolute Gasteiger partial charge is 0.352 e. The molecule has 2 rings (SSSR count). The fourth-order valence-electron chi connectivity index (χ4n) is 2.03. The Hall–Kier alpha value is -2.82. The molecule has 2 aromatic rings. The Morgan fingerprint density at radius 3 is 2.10 bits per heavy atom. The highest BCUT2D eigenvalue weighted by atomic mass is 16.2. The summed E-state index contributed by atoms with van der Waals surface area (Å²) in [6.45, 7) is 0. The van der Waals surface area contributed by atoms with Crippen molar-refractivity contribution in [1.29, 1.82) is 0 Å². The van der Waals surface area contributed by atoms with Crippen LogP contribution in [0.2, 0.25) is 0 Å². The second-order valence-corrected chi connectivity index (χ2v) is 4.59. The maximum atomic E-state index is 12.1. The van der Waals surface area contributed by atoms with E-state index in [1.165, 1.54) is 0 Å². The molecule has 21 heavy (non-hydrogen) atoms. The van der Waals surface area contributed by atoms with Crippen molar-refractivity contribution in [1.82, 2.24) is 5.32 Å². The Balaban J connectivity index is 2.05. The third-order valence-electron chi connectivity index (χ3n) is 2.97. The molecule has 0 aromatic heterocycles. The SMILES string of the molecule is NC(=O)N[C@H](CC(=O)Nc1ccccc1)c1ccccc1. The Bertz CT molecular complexity index is 599. The zero-order chi connectivity index (χ0) is 15.1. The van der Waals surface area contributed by atoms with Crippen LogP contribution in [0.4, 0.5) is 10.5 Å². The predicted molar refractivity (Wildman–Crippen MR) is 81.6 cm³/mol. The molecule has 0 unspecified atom stereocenters. The van der Waals surface area contributed by atoms with Crippen LogP contribution in [-0.4, -0.2) is 11.9 Å². The van der Waals surface area contributed by atoms with E-state index in [1.54, 1.807) is 12.1 Å². The molecule has 5 heteroatoms. The van der Waals surface area contributed by atoms with Gasteiger partial charge in [-0.05, 0) is 17.7 Å². The van der Waals surface area contributed by atoms with Crippen LogP contribution in [0.1, 0.15) is 18.0 Å². The summed E-state index contributed by atoms with van der Waals surface area (Å²) in [6, 6.07) is 17.3. The lowest BCUT2D eigenvalue weighted by atomic mass is 10.0. The molecule has 5 nitrogen and oxygen atoms in total. The predicted octanol–water partition coefficient (Wildman–Crippen LogP) is 2.42. The second-order valence-electron chi connectivity index (χ2n) is 4.59. The van der Waals surface area contributed by atoms with Gasteiger partial charge in [0.05, 0.1) is 12.5 Å². The van der Waals surface area contributed by atoms with Crippen LogP contribution in [0.15, 0.2) is 60.7 Å². The van der Waals surface area contributed by atoms with Crippen molar-refractivity contribution in [2.45, 2.75) is 12.5 Å². The molecule has 0 saturated heterocycles. The number of amides is 3. The van der Waals surface area contributed by atoms with Crippen LogP contribution in [-0.2, 0) is 4.79 Å². The van der Waals surface area contributed by atoms with Gasteiger partial charge in [-0.1, -0.05) is 48.5 Å². The van der Waals surface area contributed by atoms with Crippen molar-refractivity contribution in [2.24, 2.45) is 5.73 Å². The van der Waals surface area contributed by atoms with Crippen LogP contribution in [0.3, 0.4) is 0 Å². The van der Waals surface area contributed by atoms with E-state index in [4.69, 9.17) is 5.73 Å². The molecule has 108 valence electrons. The van der Waals surface area contributed by atoms with Crippen molar-refractivity contribution in [3.63, 3.8) is 0 Å². The van der Waals surface area contributed by atoms with Gasteiger partial charge in [-0.15, -0.1) is 0 Å². The first-order chi connectivity index (χ1) is 10.1. The molecule has 4 N–H and O–H groups in total. The molecule has 3 amide bonds. The topological polar surface area (TPSA) is 84.2 Å². The quantitative estimate of drug-likeness (QED) is 0.787. The number of nitrogens with one attached hydrogen (secondary N) is 2. The normalized spacial score (nSPS) is 11.4. The first-order valence-corrected chi connectivity index (χ1v) is 6.61. The molecule has 0 heterocycles. The van der Waals surface area contributed by atoms with Crippen molar-refractivity contribution >= 4 is 17.6 Å². The zero-order valence-electron chi connectivity index (χ0n) is 11.5. The van der Waals surface area contributed by atoms with Gasteiger partial charge in [-0.25, -0.2) is 4.79 Å². The number of nitrogens with two attached hydrogens (primary N) is 1. The number of primary amides is 1. The highest BCUT2D eigenvalue weighted by Gasteiger charge is 2.17. The standard InChI is InChI=1S/C16H17N3O2/c17-16(21)19-14(12-7-3-1-4-8-12)11-15(20)18-13-9-5-2-6-10-13/h1-10,14H,11H2,(H,18,20)(H3,17,19,21)/t14-/m1/s1. The van der Waals surface area contributed by atoms with E-state index in [0.717, 1.165) is 5.56 Å².